The van der Waals surface area contributed by atoms with Crippen molar-refractivity contribution < 1.29 is 34.1 Å². The number of ether oxygens (including phenoxy) is 2. The lowest BCUT2D eigenvalue weighted by molar-refractivity contribution is -0.139. The van der Waals surface area contributed by atoms with Crippen LogP contribution in [-0.2, 0) is 28.3 Å². The zero-order valence-electron chi connectivity index (χ0n) is 27.8. The first-order valence-electron chi connectivity index (χ1n) is 16.0. The van der Waals surface area contributed by atoms with Gasteiger partial charge in [-0.25, -0.2) is 0 Å². The van der Waals surface area contributed by atoms with Gasteiger partial charge in [-0.05, 0) is 65.7 Å². The summed E-state index contributed by atoms with van der Waals surface area (Å²) in [5, 5.41) is 24.6. The second-order valence-corrected chi connectivity index (χ2v) is 11.9. The minimum absolute atomic E-state index is 0.0329. The molecule has 0 saturated carbocycles. The molecule has 0 bridgehead atoms. The molecule has 2 atom stereocenters. The predicted molar refractivity (Wildman–Crippen MR) is 187 cm³/mol. The highest BCUT2D eigenvalue weighted by atomic mass is 16.5. The molecule has 0 fully saturated rings. The molecule has 0 saturated heterocycles. The summed E-state index contributed by atoms with van der Waals surface area (Å²) in [5.41, 5.74) is 1.71. The van der Waals surface area contributed by atoms with E-state index in [-0.39, 0.29) is 37.9 Å². The van der Waals surface area contributed by atoms with Crippen molar-refractivity contribution in [2.45, 2.75) is 32.0 Å². The standard InChI is InChI=1S/C39H41N3O7/c1-27(9-7-14-36(44)41(21-22-43)25-28-10-5-4-6-11-28)39(47)34-24-33(49-3)19-20-35(34)42(38(39)46)26-29-12-8-13-31(23-29)40-37(45)30-15-17-32(48-2)18-16-30/h4-13,15-20,23-24,27,43,47H,14,21-22,25-26H2,1-3H3,(H,40,45)/b9-7+/t27-,39+/m0/s1. The number of aliphatic hydroxyl groups is 2. The number of rotatable bonds is 14. The molecule has 1 aliphatic rings. The highest BCUT2D eigenvalue weighted by molar-refractivity contribution is 6.07. The van der Waals surface area contributed by atoms with E-state index in [0.717, 1.165) is 11.1 Å². The van der Waals surface area contributed by atoms with Gasteiger partial charge in [0.25, 0.3) is 11.8 Å². The number of anilines is 2. The van der Waals surface area contributed by atoms with Gasteiger partial charge in [-0.1, -0.05) is 61.5 Å². The summed E-state index contributed by atoms with van der Waals surface area (Å²) in [5.74, 6) is -0.566. The Balaban J connectivity index is 1.33. The topological polar surface area (TPSA) is 129 Å². The van der Waals surface area contributed by atoms with E-state index in [2.05, 4.69) is 5.32 Å². The SMILES string of the molecule is COc1ccc(C(=O)Nc2cccc(CN3C(=O)[C@@](O)([C@@H](C)/C=C/CC(=O)N(CCO)Cc4ccccc4)c4cc(OC)ccc43)c2)cc1. The fourth-order valence-corrected chi connectivity index (χ4v) is 5.94. The van der Waals surface area contributed by atoms with Gasteiger partial charge in [0, 0.05) is 42.2 Å². The summed E-state index contributed by atoms with van der Waals surface area (Å²) in [6, 6.07) is 28.6. The van der Waals surface area contributed by atoms with Crippen molar-refractivity contribution in [2.24, 2.45) is 5.92 Å². The van der Waals surface area contributed by atoms with Crippen LogP contribution in [0.2, 0.25) is 0 Å². The van der Waals surface area contributed by atoms with E-state index in [1.807, 2.05) is 36.4 Å². The normalized spacial score (nSPS) is 15.9. The average Bonchev–Trinajstić information content (AvgIpc) is 3.33. The van der Waals surface area contributed by atoms with Crippen molar-refractivity contribution in [3.8, 4) is 11.5 Å². The first-order valence-corrected chi connectivity index (χ1v) is 16.0. The number of aliphatic hydroxyl groups excluding tert-OH is 1. The summed E-state index contributed by atoms with van der Waals surface area (Å²) in [4.78, 5) is 43.2. The quantitative estimate of drug-likeness (QED) is 0.156. The van der Waals surface area contributed by atoms with Crippen molar-refractivity contribution in [1.82, 2.24) is 4.90 Å². The Morgan fingerprint density at radius 1 is 0.918 bits per heavy atom. The Kier molecular flexibility index (Phi) is 11.1. The van der Waals surface area contributed by atoms with E-state index in [9.17, 15) is 24.6 Å². The van der Waals surface area contributed by atoms with Gasteiger partial charge in [0.2, 0.25) is 5.91 Å². The Morgan fingerprint density at radius 3 is 2.31 bits per heavy atom. The van der Waals surface area contributed by atoms with Gasteiger partial charge >= 0.3 is 0 Å². The van der Waals surface area contributed by atoms with E-state index in [0.29, 0.717) is 40.5 Å². The number of carbonyl (C=O) groups is 3. The zero-order chi connectivity index (χ0) is 35.0. The molecule has 4 aromatic rings. The van der Waals surface area contributed by atoms with Crippen molar-refractivity contribution >= 4 is 29.1 Å². The molecule has 0 aromatic heterocycles. The number of nitrogens with zero attached hydrogens (tertiary/aromatic N) is 2. The van der Waals surface area contributed by atoms with Crippen LogP contribution in [0.5, 0.6) is 11.5 Å². The van der Waals surface area contributed by atoms with Crippen molar-refractivity contribution in [1.29, 1.82) is 0 Å². The number of hydrogen-bond donors (Lipinski definition) is 3. The van der Waals surface area contributed by atoms with Gasteiger partial charge in [0.1, 0.15) is 11.5 Å². The minimum Gasteiger partial charge on any atom is -0.497 e. The predicted octanol–water partition coefficient (Wildman–Crippen LogP) is 5.29. The van der Waals surface area contributed by atoms with Gasteiger partial charge in [-0.3, -0.25) is 14.4 Å². The largest absolute Gasteiger partial charge is 0.497 e. The first kappa shape index (κ1) is 34.9. The van der Waals surface area contributed by atoms with Crippen LogP contribution in [0.4, 0.5) is 11.4 Å². The Bertz CT molecular complexity index is 1810. The lowest BCUT2D eigenvalue weighted by atomic mass is 9.83. The molecule has 1 aliphatic heterocycles. The van der Waals surface area contributed by atoms with Crippen LogP contribution in [0.15, 0.2) is 109 Å². The molecule has 0 aliphatic carbocycles. The summed E-state index contributed by atoms with van der Waals surface area (Å²) < 4.78 is 10.6. The molecular weight excluding hydrogens is 622 g/mol. The fourth-order valence-electron chi connectivity index (χ4n) is 5.94. The summed E-state index contributed by atoms with van der Waals surface area (Å²) >= 11 is 0. The molecule has 10 nitrogen and oxygen atoms in total. The summed E-state index contributed by atoms with van der Waals surface area (Å²) in [6.07, 6.45) is 3.37. The van der Waals surface area contributed by atoms with Gasteiger partial charge in [0.15, 0.2) is 5.60 Å². The van der Waals surface area contributed by atoms with Crippen LogP contribution in [0, 0.1) is 5.92 Å². The van der Waals surface area contributed by atoms with E-state index < -0.39 is 17.4 Å². The van der Waals surface area contributed by atoms with E-state index >= 15 is 0 Å². The fraction of sp³-hybridized carbons (Fsp3) is 0.256. The van der Waals surface area contributed by atoms with Crippen LogP contribution in [-0.4, -0.2) is 60.2 Å². The highest BCUT2D eigenvalue weighted by Crippen LogP contribution is 2.47. The number of fused-ring (bicyclic) bond motifs is 1. The van der Waals surface area contributed by atoms with Crippen molar-refractivity contribution in [2.75, 3.05) is 37.6 Å². The molecule has 0 unspecified atom stereocenters. The number of nitrogens with one attached hydrogen (secondary N) is 1. The monoisotopic (exact) mass is 663 g/mol. The highest BCUT2D eigenvalue weighted by Gasteiger charge is 2.52. The Morgan fingerprint density at radius 2 is 1.61 bits per heavy atom. The van der Waals surface area contributed by atoms with E-state index in [4.69, 9.17) is 9.47 Å². The second kappa shape index (κ2) is 15.6. The number of hydrogen-bond acceptors (Lipinski definition) is 7. The molecular formula is C39H41N3O7. The average molecular weight is 664 g/mol. The molecule has 10 heteroatoms. The molecule has 49 heavy (non-hydrogen) atoms. The third-order valence-corrected chi connectivity index (χ3v) is 8.67. The third kappa shape index (κ3) is 7.83. The maximum absolute atomic E-state index is 14.1. The van der Waals surface area contributed by atoms with Crippen LogP contribution >= 0.6 is 0 Å². The van der Waals surface area contributed by atoms with Gasteiger partial charge in [-0.2, -0.15) is 0 Å². The maximum atomic E-state index is 14.1. The molecule has 3 N–H and O–H groups in total. The number of amides is 3. The third-order valence-electron chi connectivity index (χ3n) is 8.67. The molecule has 1 heterocycles. The first-order chi connectivity index (χ1) is 23.7. The molecule has 3 amide bonds. The second-order valence-electron chi connectivity index (χ2n) is 11.9. The number of benzene rings is 4. The van der Waals surface area contributed by atoms with Gasteiger partial charge in [0.05, 0.1) is 33.1 Å². The Hall–Kier alpha value is -5.45. The van der Waals surface area contributed by atoms with E-state index in [1.54, 1.807) is 91.7 Å². The molecule has 5 rings (SSSR count). The molecule has 0 radical (unpaired) electrons. The van der Waals surface area contributed by atoms with Gasteiger partial charge in [-0.15, -0.1) is 0 Å². The zero-order valence-corrected chi connectivity index (χ0v) is 27.8. The van der Waals surface area contributed by atoms with Crippen molar-refractivity contribution in [3.63, 3.8) is 0 Å². The minimum atomic E-state index is -1.93. The Labute approximate surface area is 286 Å². The molecule has 254 valence electrons. The lowest BCUT2D eigenvalue weighted by Gasteiger charge is -2.28. The van der Waals surface area contributed by atoms with Crippen molar-refractivity contribution in [3.05, 3.63) is 131 Å². The lowest BCUT2D eigenvalue weighted by Crippen LogP contribution is -2.44. The maximum Gasteiger partial charge on any atom is 0.264 e. The van der Waals surface area contributed by atoms with Crippen LogP contribution in [0.25, 0.3) is 0 Å². The molecule has 0 spiro atoms. The van der Waals surface area contributed by atoms with Crippen LogP contribution in [0.3, 0.4) is 0 Å². The smallest absolute Gasteiger partial charge is 0.264 e. The number of methoxy groups -OCH3 is 2. The van der Waals surface area contributed by atoms with Crippen LogP contribution < -0.4 is 19.7 Å². The molecule has 4 aromatic carbocycles. The summed E-state index contributed by atoms with van der Waals surface area (Å²) in [6.45, 7) is 2.25. The van der Waals surface area contributed by atoms with Gasteiger partial charge < -0.3 is 34.8 Å². The summed E-state index contributed by atoms with van der Waals surface area (Å²) in [7, 11) is 3.08. The van der Waals surface area contributed by atoms with Crippen LogP contribution in [0.1, 0.15) is 40.4 Å². The number of carbonyl (C=O) groups excluding carboxylic acids is 3. The van der Waals surface area contributed by atoms with E-state index in [1.165, 1.54) is 12.0 Å².